The lowest BCUT2D eigenvalue weighted by atomic mass is 9.77. The zero-order chi connectivity index (χ0) is 16.7. The molecule has 22 heavy (non-hydrogen) atoms. The van der Waals surface area contributed by atoms with Crippen LogP contribution in [0.2, 0.25) is 0 Å². The van der Waals surface area contributed by atoms with Gasteiger partial charge in [0.1, 0.15) is 5.75 Å². The van der Waals surface area contributed by atoms with Crippen LogP contribution in [0.5, 0.6) is 5.75 Å². The van der Waals surface area contributed by atoms with E-state index in [1.54, 1.807) is 0 Å². The first kappa shape index (κ1) is 17.4. The third kappa shape index (κ3) is 3.33. The van der Waals surface area contributed by atoms with Crippen molar-refractivity contribution >= 4 is 12.6 Å². The molecule has 0 amide bonds. The van der Waals surface area contributed by atoms with Crippen molar-refractivity contribution in [2.75, 3.05) is 0 Å². The summed E-state index contributed by atoms with van der Waals surface area (Å²) in [5, 5.41) is 0. The fourth-order valence-corrected chi connectivity index (χ4v) is 2.51. The molecule has 0 aliphatic carbocycles. The Morgan fingerprint density at radius 3 is 1.95 bits per heavy atom. The van der Waals surface area contributed by atoms with Gasteiger partial charge in [-0.05, 0) is 64.6 Å². The summed E-state index contributed by atoms with van der Waals surface area (Å²) < 4.78 is 18.2. The third-order valence-electron chi connectivity index (χ3n) is 4.54. The Labute approximate surface area is 135 Å². The molecule has 1 heterocycles. The van der Waals surface area contributed by atoms with E-state index in [2.05, 4.69) is 47.6 Å². The average Bonchev–Trinajstić information content (AvgIpc) is 2.57. The molecule has 2 rings (SSSR count). The predicted molar refractivity (Wildman–Crippen MR) is 92.0 cm³/mol. The fraction of sp³-hybridized carbons (Fsp3) is 0.667. The maximum absolute atomic E-state index is 6.14. The highest BCUT2D eigenvalue weighted by atomic mass is 16.7. The standard InChI is InChI=1S/C18H29BO3/c1-12(2)15-11-14(9-10-16(15)20-13(3)4)19-21-17(5,6)18(7,8)22-19/h9-13H,1-8H3. The number of benzene rings is 1. The lowest BCUT2D eigenvalue weighted by molar-refractivity contribution is 0.00578. The Bertz CT molecular complexity index is 519. The van der Waals surface area contributed by atoms with Crippen molar-refractivity contribution < 1.29 is 14.0 Å². The second kappa shape index (κ2) is 5.90. The van der Waals surface area contributed by atoms with Gasteiger partial charge in [-0.3, -0.25) is 0 Å². The van der Waals surface area contributed by atoms with Crippen molar-refractivity contribution in [1.29, 1.82) is 0 Å². The summed E-state index contributed by atoms with van der Waals surface area (Å²) in [4.78, 5) is 0. The minimum Gasteiger partial charge on any atom is -0.491 e. The van der Waals surface area contributed by atoms with E-state index in [-0.39, 0.29) is 24.4 Å². The van der Waals surface area contributed by atoms with Crippen LogP contribution < -0.4 is 10.2 Å². The largest absolute Gasteiger partial charge is 0.494 e. The fourth-order valence-electron chi connectivity index (χ4n) is 2.51. The van der Waals surface area contributed by atoms with Crippen molar-refractivity contribution in [2.24, 2.45) is 0 Å². The van der Waals surface area contributed by atoms with Gasteiger partial charge in [0.2, 0.25) is 0 Å². The van der Waals surface area contributed by atoms with Crippen LogP contribution in [0.3, 0.4) is 0 Å². The van der Waals surface area contributed by atoms with Crippen LogP contribution in [0.1, 0.15) is 66.9 Å². The summed E-state index contributed by atoms with van der Waals surface area (Å²) in [7, 11) is -0.324. The molecule has 1 aromatic rings. The van der Waals surface area contributed by atoms with Gasteiger partial charge in [0.25, 0.3) is 0 Å². The summed E-state index contributed by atoms with van der Waals surface area (Å²) in [6.07, 6.45) is 0.167. The summed E-state index contributed by atoms with van der Waals surface area (Å²) in [6, 6.07) is 6.24. The molecule has 0 saturated carbocycles. The summed E-state index contributed by atoms with van der Waals surface area (Å²) in [5.41, 5.74) is 1.62. The summed E-state index contributed by atoms with van der Waals surface area (Å²) in [5.74, 6) is 1.33. The lowest BCUT2D eigenvalue weighted by Gasteiger charge is -2.32. The second-order valence-corrected chi connectivity index (χ2v) is 7.71. The molecule has 0 aromatic heterocycles. The first-order chi connectivity index (χ1) is 10.0. The van der Waals surface area contributed by atoms with Crippen molar-refractivity contribution in [3.63, 3.8) is 0 Å². The Kier molecular flexibility index (Phi) is 4.65. The normalized spacial score (nSPS) is 20.0. The van der Waals surface area contributed by atoms with Gasteiger partial charge in [-0.1, -0.05) is 26.0 Å². The molecule has 0 spiro atoms. The van der Waals surface area contributed by atoms with Crippen LogP contribution in [-0.2, 0) is 9.31 Å². The van der Waals surface area contributed by atoms with Crippen LogP contribution in [0, 0.1) is 0 Å². The zero-order valence-electron chi connectivity index (χ0n) is 15.2. The van der Waals surface area contributed by atoms with Crippen LogP contribution in [0.25, 0.3) is 0 Å². The Morgan fingerprint density at radius 2 is 1.50 bits per heavy atom. The monoisotopic (exact) mass is 304 g/mol. The van der Waals surface area contributed by atoms with Crippen LogP contribution >= 0.6 is 0 Å². The quantitative estimate of drug-likeness (QED) is 0.790. The Hall–Kier alpha value is -0.995. The molecule has 0 unspecified atom stereocenters. The minimum atomic E-state index is -0.324. The van der Waals surface area contributed by atoms with Gasteiger partial charge < -0.3 is 14.0 Å². The first-order valence-corrected chi connectivity index (χ1v) is 8.19. The summed E-state index contributed by atoms with van der Waals surface area (Å²) >= 11 is 0. The van der Waals surface area contributed by atoms with Crippen molar-refractivity contribution in [2.45, 2.75) is 78.6 Å². The van der Waals surface area contributed by atoms with Gasteiger partial charge in [-0.15, -0.1) is 0 Å². The number of hydrogen-bond donors (Lipinski definition) is 0. The second-order valence-electron chi connectivity index (χ2n) is 7.71. The number of ether oxygens (including phenoxy) is 1. The molecular formula is C18H29BO3. The van der Waals surface area contributed by atoms with E-state index >= 15 is 0 Å². The highest BCUT2D eigenvalue weighted by Gasteiger charge is 2.51. The van der Waals surface area contributed by atoms with E-state index in [1.807, 2.05) is 26.0 Å². The van der Waals surface area contributed by atoms with Crippen molar-refractivity contribution in [3.8, 4) is 5.75 Å². The average molecular weight is 304 g/mol. The van der Waals surface area contributed by atoms with E-state index in [0.29, 0.717) is 5.92 Å². The van der Waals surface area contributed by atoms with E-state index in [9.17, 15) is 0 Å². The topological polar surface area (TPSA) is 27.7 Å². The van der Waals surface area contributed by atoms with E-state index in [4.69, 9.17) is 14.0 Å². The molecule has 1 aliphatic heterocycles. The van der Waals surface area contributed by atoms with Gasteiger partial charge >= 0.3 is 7.12 Å². The van der Waals surface area contributed by atoms with Crippen LogP contribution in [-0.4, -0.2) is 24.4 Å². The molecule has 1 aromatic carbocycles. The molecule has 1 fully saturated rings. The van der Waals surface area contributed by atoms with Crippen LogP contribution in [0.4, 0.5) is 0 Å². The molecular weight excluding hydrogens is 275 g/mol. The molecule has 122 valence electrons. The van der Waals surface area contributed by atoms with Crippen LogP contribution in [0.15, 0.2) is 18.2 Å². The maximum atomic E-state index is 6.14. The van der Waals surface area contributed by atoms with E-state index in [0.717, 1.165) is 11.2 Å². The Morgan fingerprint density at radius 1 is 0.955 bits per heavy atom. The first-order valence-electron chi connectivity index (χ1n) is 8.19. The van der Waals surface area contributed by atoms with Gasteiger partial charge in [0.15, 0.2) is 0 Å². The molecule has 4 heteroatoms. The highest BCUT2D eigenvalue weighted by Crippen LogP contribution is 2.37. The van der Waals surface area contributed by atoms with Gasteiger partial charge in [-0.25, -0.2) is 0 Å². The smallest absolute Gasteiger partial charge is 0.491 e. The SMILES string of the molecule is CC(C)Oc1ccc(B2OC(C)(C)C(C)(C)O2)cc1C(C)C. The maximum Gasteiger partial charge on any atom is 0.494 e. The lowest BCUT2D eigenvalue weighted by Crippen LogP contribution is -2.41. The van der Waals surface area contributed by atoms with E-state index < -0.39 is 0 Å². The molecule has 0 radical (unpaired) electrons. The van der Waals surface area contributed by atoms with Crippen molar-refractivity contribution in [3.05, 3.63) is 23.8 Å². The van der Waals surface area contributed by atoms with Gasteiger partial charge in [0, 0.05) is 0 Å². The molecule has 1 saturated heterocycles. The van der Waals surface area contributed by atoms with Crippen molar-refractivity contribution in [1.82, 2.24) is 0 Å². The van der Waals surface area contributed by atoms with Gasteiger partial charge in [0.05, 0.1) is 17.3 Å². The molecule has 3 nitrogen and oxygen atoms in total. The number of hydrogen-bond acceptors (Lipinski definition) is 3. The molecule has 0 N–H and O–H groups in total. The predicted octanol–water partition coefficient (Wildman–Crippen LogP) is 3.90. The Balaban J connectivity index is 2.32. The zero-order valence-corrected chi connectivity index (χ0v) is 15.2. The summed E-state index contributed by atoms with van der Waals surface area (Å²) in [6.45, 7) is 16.8. The van der Waals surface area contributed by atoms with E-state index in [1.165, 1.54) is 5.56 Å². The molecule has 1 aliphatic rings. The number of rotatable bonds is 4. The molecule has 0 bridgehead atoms. The van der Waals surface area contributed by atoms with Gasteiger partial charge in [-0.2, -0.15) is 0 Å². The minimum absolute atomic E-state index is 0.167. The molecule has 0 atom stereocenters. The highest BCUT2D eigenvalue weighted by molar-refractivity contribution is 6.62. The third-order valence-corrected chi connectivity index (χ3v) is 4.54.